The van der Waals surface area contributed by atoms with Gasteiger partial charge in [0.25, 0.3) is 5.91 Å². The zero-order valence-electron chi connectivity index (χ0n) is 18.0. The Morgan fingerprint density at radius 3 is 2.66 bits per heavy atom. The molecule has 1 amide bonds. The zero-order chi connectivity index (χ0) is 21.9. The minimum Gasteiger partial charge on any atom is -0.486 e. The van der Waals surface area contributed by atoms with Crippen LogP contribution in [-0.4, -0.2) is 46.8 Å². The Kier molecular flexibility index (Phi) is 5.50. The van der Waals surface area contributed by atoms with Gasteiger partial charge in [0.2, 0.25) is 0 Å². The van der Waals surface area contributed by atoms with Gasteiger partial charge in [-0.05, 0) is 41.5 Å². The highest BCUT2D eigenvalue weighted by Crippen LogP contribution is 2.31. The number of carbonyl (C=O) groups is 1. The molecule has 0 bridgehead atoms. The molecule has 162 valence electrons. The fraction of sp³-hybridized carbons (Fsp3) is 0.231. The number of aromatic nitrogens is 2. The Balaban J connectivity index is 1.33. The number of benzene rings is 3. The molecule has 4 aromatic rings. The van der Waals surface area contributed by atoms with Gasteiger partial charge in [-0.15, -0.1) is 0 Å². The van der Waals surface area contributed by atoms with Crippen molar-refractivity contribution < 1.29 is 14.3 Å². The van der Waals surface area contributed by atoms with Crippen LogP contribution in [0.4, 0.5) is 0 Å². The highest BCUT2D eigenvalue weighted by Gasteiger charge is 2.26. The molecule has 0 saturated heterocycles. The van der Waals surface area contributed by atoms with Gasteiger partial charge in [-0.3, -0.25) is 9.89 Å². The number of rotatable bonds is 6. The number of carbonyl (C=O) groups excluding carboxylic acids is 1. The third-order valence-electron chi connectivity index (χ3n) is 5.63. The Bertz CT molecular complexity index is 1250. The number of H-pyrrole nitrogens is 1. The number of para-hydroxylation sites is 2. The minimum absolute atomic E-state index is 0.0890. The van der Waals surface area contributed by atoms with Crippen molar-refractivity contribution in [3.63, 3.8) is 0 Å². The summed E-state index contributed by atoms with van der Waals surface area (Å²) < 4.78 is 11.9. The predicted molar refractivity (Wildman–Crippen MR) is 124 cm³/mol. The van der Waals surface area contributed by atoms with Crippen molar-refractivity contribution in [1.82, 2.24) is 15.1 Å². The summed E-state index contributed by atoms with van der Waals surface area (Å²) >= 11 is 0. The average Bonchev–Trinajstić information content (AvgIpc) is 3.33. The van der Waals surface area contributed by atoms with Crippen molar-refractivity contribution in [2.24, 2.45) is 0 Å². The van der Waals surface area contributed by atoms with Crippen LogP contribution in [0.5, 0.6) is 11.5 Å². The van der Waals surface area contributed by atoms with Crippen LogP contribution in [-0.2, 0) is 0 Å². The van der Waals surface area contributed by atoms with Crippen LogP contribution in [0.25, 0.3) is 22.0 Å². The second-order valence-corrected chi connectivity index (χ2v) is 7.98. The van der Waals surface area contributed by atoms with Crippen molar-refractivity contribution in [2.75, 3.05) is 19.7 Å². The number of hydrogen-bond donors (Lipinski definition) is 1. The van der Waals surface area contributed by atoms with Crippen molar-refractivity contribution in [1.29, 1.82) is 0 Å². The van der Waals surface area contributed by atoms with Crippen LogP contribution in [0, 0.1) is 0 Å². The molecule has 1 aliphatic heterocycles. The van der Waals surface area contributed by atoms with Crippen molar-refractivity contribution in [2.45, 2.75) is 19.4 Å². The number of nitrogens with zero attached hydrogens (tertiary/aromatic N) is 2. The fourth-order valence-corrected chi connectivity index (χ4v) is 4.04. The Labute approximate surface area is 186 Å². The van der Waals surface area contributed by atoms with E-state index in [4.69, 9.17) is 9.47 Å². The van der Waals surface area contributed by atoms with Gasteiger partial charge in [0, 0.05) is 12.1 Å². The average molecular weight is 428 g/mol. The lowest BCUT2D eigenvalue weighted by Gasteiger charge is -2.31. The normalized spacial score (nSPS) is 15.0. The van der Waals surface area contributed by atoms with Gasteiger partial charge >= 0.3 is 0 Å². The number of aromatic amines is 1. The topological polar surface area (TPSA) is 67.5 Å². The number of hydrogen-bond acceptors (Lipinski definition) is 4. The van der Waals surface area contributed by atoms with Crippen molar-refractivity contribution in [3.8, 4) is 22.8 Å². The SMILES string of the molecule is CCCN(CC1COc2ccccc2O1)C(=O)c1cc(-c2ccc3ccccc3c2)n[nH]1. The Hall–Kier alpha value is -3.80. The van der Waals surface area contributed by atoms with Crippen LogP contribution in [0.2, 0.25) is 0 Å². The first-order valence-corrected chi connectivity index (χ1v) is 10.9. The molecular formula is C26H25N3O3. The molecule has 32 heavy (non-hydrogen) atoms. The summed E-state index contributed by atoms with van der Waals surface area (Å²) in [6, 6.07) is 23.8. The van der Waals surface area contributed by atoms with E-state index >= 15 is 0 Å². The smallest absolute Gasteiger partial charge is 0.272 e. The molecule has 2 heterocycles. The highest BCUT2D eigenvalue weighted by atomic mass is 16.6. The molecule has 5 rings (SSSR count). The number of ether oxygens (including phenoxy) is 2. The molecule has 1 aliphatic rings. The van der Waals surface area contributed by atoms with E-state index in [0.717, 1.165) is 28.8 Å². The largest absolute Gasteiger partial charge is 0.486 e. The summed E-state index contributed by atoms with van der Waals surface area (Å²) in [7, 11) is 0. The third-order valence-corrected chi connectivity index (χ3v) is 5.63. The van der Waals surface area contributed by atoms with Crippen LogP contribution >= 0.6 is 0 Å². The first-order valence-electron chi connectivity index (χ1n) is 10.9. The van der Waals surface area contributed by atoms with E-state index in [1.165, 1.54) is 5.39 Å². The van der Waals surface area contributed by atoms with Gasteiger partial charge in [-0.1, -0.05) is 55.5 Å². The molecular weight excluding hydrogens is 402 g/mol. The molecule has 3 aromatic carbocycles. The first-order chi connectivity index (χ1) is 15.7. The summed E-state index contributed by atoms with van der Waals surface area (Å²) in [6.07, 6.45) is 0.630. The molecule has 1 aromatic heterocycles. The maximum Gasteiger partial charge on any atom is 0.272 e. The van der Waals surface area contributed by atoms with Crippen molar-refractivity contribution in [3.05, 3.63) is 78.5 Å². The molecule has 0 saturated carbocycles. The monoisotopic (exact) mass is 427 g/mol. The summed E-state index contributed by atoms with van der Waals surface area (Å²) in [6.45, 7) is 3.55. The lowest BCUT2D eigenvalue weighted by atomic mass is 10.1. The quantitative estimate of drug-likeness (QED) is 0.474. The molecule has 6 nitrogen and oxygen atoms in total. The summed E-state index contributed by atoms with van der Waals surface area (Å²) in [5.74, 6) is 1.37. The summed E-state index contributed by atoms with van der Waals surface area (Å²) in [4.78, 5) is 15.1. The molecule has 0 aliphatic carbocycles. The lowest BCUT2D eigenvalue weighted by Crippen LogP contribution is -2.44. The number of fused-ring (bicyclic) bond motifs is 2. The molecule has 0 radical (unpaired) electrons. The lowest BCUT2D eigenvalue weighted by molar-refractivity contribution is 0.0459. The first kappa shape index (κ1) is 20.1. The van der Waals surface area contributed by atoms with E-state index in [-0.39, 0.29) is 12.0 Å². The zero-order valence-corrected chi connectivity index (χ0v) is 18.0. The van der Waals surface area contributed by atoms with E-state index in [0.29, 0.717) is 31.1 Å². The molecule has 1 unspecified atom stereocenters. The van der Waals surface area contributed by atoms with Crippen LogP contribution in [0.1, 0.15) is 23.8 Å². The minimum atomic E-state index is -0.219. The van der Waals surface area contributed by atoms with E-state index in [9.17, 15) is 4.79 Å². The predicted octanol–water partition coefficient (Wildman–Crippen LogP) is 4.92. The standard InChI is InChI=1S/C26H25N3O3/c1-2-13-29(16-21-17-31-24-9-5-6-10-25(24)32-21)26(30)23-15-22(27-28-23)20-12-11-18-7-3-4-8-19(18)14-20/h3-12,14-15,21H,2,13,16-17H2,1H3,(H,27,28). The maximum absolute atomic E-state index is 13.3. The van der Waals surface area contributed by atoms with E-state index < -0.39 is 0 Å². The van der Waals surface area contributed by atoms with Gasteiger partial charge in [-0.25, -0.2) is 0 Å². The Morgan fingerprint density at radius 2 is 1.81 bits per heavy atom. The highest BCUT2D eigenvalue weighted by molar-refractivity contribution is 5.94. The fourth-order valence-electron chi connectivity index (χ4n) is 4.04. The van der Waals surface area contributed by atoms with Crippen molar-refractivity contribution >= 4 is 16.7 Å². The Morgan fingerprint density at radius 1 is 1.03 bits per heavy atom. The number of amides is 1. The van der Waals surface area contributed by atoms with Gasteiger partial charge in [0.15, 0.2) is 17.6 Å². The molecule has 1 atom stereocenters. The van der Waals surface area contributed by atoms with Crippen LogP contribution in [0.15, 0.2) is 72.8 Å². The molecule has 0 spiro atoms. The summed E-state index contributed by atoms with van der Waals surface area (Å²) in [5, 5.41) is 9.65. The van der Waals surface area contributed by atoms with E-state index in [2.05, 4.69) is 41.4 Å². The van der Waals surface area contributed by atoms with Gasteiger partial charge < -0.3 is 14.4 Å². The third kappa shape index (κ3) is 4.04. The second-order valence-electron chi connectivity index (χ2n) is 7.98. The summed E-state index contributed by atoms with van der Waals surface area (Å²) in [5.41, 5.74) is 2.20. The molecule has 1 N–H and O–H groups in total. The van der Waals surface area contributed by atoms with E-state index in [1.54, 1.807) is 4.90 Å². The molecule has 0 fully saturated rings. The van der Waals surface area contributed by atoms with E-state index in [1.807, 2.05) is 48.5 Å². The van der Waals surface area contributed by atoms with Crippen LogP contribution < -0.4 is 9.47 Å². The van der Waals surface area contributed by atoms with Gasteiger partial charge in [-0.2, -0.15) is 5.10 Å². The number of nitrogens with one attached hydrogen (secondary N) is 1. The van der Waals surface area contributed by atoms with Gasteiger partial charge in [0.05, 0.1) is 12.2 Å². The second kappa shape index (κ2) is 8.75. The van der Waals surface area contributed by atoms with Gasteiger partial charge in [0.1, 0.15) is 12.3 Å². The molecule has 6 heteroatoms. The van der Waals surface area contributed by atoms with Crippen LogP contribution in [0.3, 0.4) is 0 Å². The maximum atomic E-state index is 13.3.